The van der Waals surface area contributed by atoms with Gasteiger partial charge in [0.05, 0.1) is 4.92 Å². The van der Waals surface area contributed by atoms with Gasteiger partial charge >= 0.3 is 0 Å². The summed E-state index contributed by atoms with van der Waals surface area (Å²) in [5.41, 5.74) is 1.86. The molecule has 0 aliphatic carbocycles. The standard InChI is InChI=1S/C11H14N2O3/c1-3-9-4-5-11(13(15)16)6-10(9)7-12-8(2)14/h4-6H,3,7H2,1-2H3,(H,12,14). The second-order valence-corrected chi connectivity index (χ2v) is 3.47. The molecular formula is C11H14N2O3. The number of hydrogen-bond donors (Lipinski definition) is 1. The average molecular weight is 222 g/mol. The van der Waals surface area contributed by atoms with E-state index in [1.54, 1.807) is 6.07 Å². The van der Waals surface area contributed by atoms with Crippen molar-refractivity contribution < 1.29 is 9.72 Å². The van der Waals surface area contributed by atoms with Crippen molar-refractivity contribution in [1.29, 1.82) is 0 Å². The van der Waals surface area contributed by atoms with Crippen LogP contribution in [0, 0.1) is 10.1 Å². The zero-order valence-corrected chi connectivity index (χ0v) is 9.32. The highest BCUT2D eigenvalue weighted by molar-refractivity contribution is 5.72. The predicted octanol–water partition coefficient (Wildman–Crippen LogP) is 1.79. The molecular weight excluding hydrogens is 208 g/mol. The normalized spacial score (nSPS) is 9.88. The molecule has 0 heterocycles. The smallest absolute Gasteiger partial charge is 0.269 e. The van der Waals surface area contributed by atoms with Crippen LogP contribution in [0.2, 0.25) is 0 Å². The number of amides is 1. The molecule has 0 aliphatic heterocycles. The monoisotopic (exact) mass is 222 g/mol. The Labute approximate surface area is 93.6 Å². The van der Waals surface area contributed by atoms with Crippen LogP contribution in [-0.4, -0.2) is 10.8 Å². The molecule has 1 aromatic carbocycles. The van der Waals surface area contributed by atoms with Gasteiger partial charge in [0.1, 0.15) is 0 Å². The van der Waals surface area contributed by atoms with Gasteiger partial charge in [-0.3, -0.25) is 14.9 Å². The second kappa shape index (κ2) is 5.25. The number of non-ortho nitro benzene ring substituents is 1. The summed E-state index contributed by atoms with van der Waals surface area (Å²) >= 11 is 0. The molecule has 0 aliphatic rings. The van der Waals surface area contributed by atoms with Crippen LogP contribution in [0.15, 0.2) is 18.2 Å². The Bertz CT molecular complexity index is 416. The van der Waals surface area contributed by atoms with Crippen LogP contribution < -0.4 is 5.32 Å². The molecule has 0 bridgehead atoms. The molecule has 5 nitrogen and oxygen atoms in total. The fourth-order valence-corrected chi connectivity index (χ4v) is 1.46. The van der Waals surface area contributed by atoms with Gasteiger partial charge < -0.3 is 5.32 Å². The zero-order chi connectivity index (χ0) is 12.1. The summed E-state index contributed by atoms with van der Waals surface area (Å²) in [7, 11) is 0. The van der Waals surface area contributed by atoms with E-state index in [9.17, 15) is 14.9 Å². The summed E-state index contributed by atoms with van der Waals surface area (Å²) in [4.78, 5) is 21.0. The summed E-state index contributed by atoms with van der Waals surface area (Å²) in [5.74, 6) is -0.145. The summed E-state index contributed by atoms with van der Waals surface area (Å²) in [6.07, 6.45) is 0.785. The Morgan fingerprint density at radius 2 is 2.12 bits per heavy atom. The maximum Gasteiger partial charge on any atom is 0.269 e. The predicted molar refractivity (Wildman–Crippen MR) is 60.0 cm³/mol. The number of carbonyl (C=O) groups is 1. The molecule has 5 heteroatoms. The Hall–Kier alpha value is -1.91. The quantitative estimate of drug-likeness (QED) is 0.623. The first-order valence-electron chi connectivity index (χ1n) is 5.05. The van der Waals surface area contributed by atoms with E-state index < -0.39 is 4.92 Å². The van der Waals surface area contributed by atoms with Crippen molar-refractivity contribution in [2.75, 3.05) is 0 Å². The molecule has 0 saturated heterocycles. The molecule has 0 spiro atoms. The van der Waals surface area contributed by atoms with Gasteiger partial charge in [-0.1, -0.05) is 13.0 Å². The molecule has 1 N–H and O–H groups in total. The van der Waals surface area contributed by atoms with Gasteiger partial charge in [-0.15, -0.1) is 0 Å². The number of nitro groups is 1. The lowest BCUT2D eigenvalue weighted by Gasteiger charge is -2.07. The van der Waals surface area contributed by atoms with Crippen LogP contribution in [0.25, 0.3) is 0 Å². The number of benzene rings is 1. The molecule has 0 saturated carbocycles. The molecule has 1 aromatic rings. The van der Waals surface area contributed by atoms with Gasteiger partial charge in [0.25, 0.3) is 5.69 Å². The number of nitro benzene ring substituents is 1. The van der Waals surface area contributed by atoms with E-state index in [1.807, 2.05) is 6.92 Å². The van der Waals surface area contributed by atoms with Crippen molar-refractivity contribution in [1.82, 2.24) is 5.32 Å². The fraction of sp³-hybridized carbons (Fsp3) is 0.364. The van der Waals surface area contributed by atoms with Crippen LogP contribution in [-0.2, 0) is 17.8 Å². The van der Waals surface area contributed by atoms with Crippen LogP contribution in [0.3, 0.4) is 0 Å². The molecule has 0 atom stereocenters. The van der Waals surface area contributed by atoms with Gasteiger partial charge in [0.15, 0.2) is 0 Å². The summed E-state index contributed by atoms with van der Waals surface area (Å²) in [5, 5.41) is 13.3. The van der Waals surface area contributed by atoms with E-state index in [-0.39, 0.29) is 11.6 Å². The van der Waals surface area contributed by atoms with E-state index in [1.165, 1.54) is 19.1 Å². The third-order valence-electron chi connectivity index (χ3n) is 2.31. The summed E-state index contributed by atoms with van der Waals surface area (Å²) in [6, 6.07) is 4.72. The number of nitrogens with zero attached hydrogens (tertiary/aromatic N) is 1. The molecule has 0 aromatic heterocycles. The molecule has 1 rings (SSSR count). The lowest BCUT2D eigenvalue weighted by Crippen LogP contribution is -2.19. The Morgan fingerprint density at radius 3 is 2.62 bits per heavy atom. The van der Waals surface area contributed by atoms with Crippen molar-refractivity contribution >= 4 is 11.6 Å². The number of rotatable bonds is 4. The van der Waals surface area contributed by atoms with Gasteiger partial charge in [0, 0.05) is 25.6 Å². The van der Waals surface area contributed by atoms with Crippen LogP contribution in [0.5, 0.6) is 0 Å². The van der Waals surface area contributed by atoms with E-state index in [0.717, 1.165) is 17.5 Å². The maximum absolute atomic E-state index is 10.8. The maximum atomic E-state index is 10.8. The van der Waals surface area contributed by atoms with E-state index >= 15 is 0 Å². The topological polar surface area (TPSA) is 72.2 Å². The lowest BCUT2D eigenvalue weighted by atomic mass is 10.0. The first-order valence-corrected chi connectivity index (χ1v) is 5.05. The third kappa shape index (κ3) is 3.05. The molecule has 16 heavy (non-hydrogen) atoms. The van der Waals surface area contributed by atoms with E-state index in [2.05, 4.69) is 5.32 Å². The first-order chi connectivity index (χ1) is 7.54. The third-order valence-corrected chi connectivity index (χ3v) is 2.31. The minimum atomic E-state index is -0.434. The summed E-state index contributed by atoms with van der Waals surface area (Å²) in [6.45, 7) is 3.72. The fourth-order valence-electron chi connectivity index (χ4n) is 1.46. The van der Waals surface area contributed by atoms with Crippen molar-refractivity contribution in [3.63, 3.8) is 0 Å². The van der Waals surface area contributed by atoms with Crippen molar-refractivity contribution in [3.8, 4) is 0 Å². The summed E-state index contributed by atoms with van der Waals surface area (Å²) < 4.78 is 0. The van der Waals surface area contributed by atoms with Crippen molar-refractivity contribution in [2.24, 2.45) is 0 Å². The Kier molecular flexibility index (Phi) is 3.99. The highest BCUT2D eigenvalue weighted by atomic mass is 16.6. The lowest BCUT2D eigenvalue weighted by molar-refractivity contribution is -0.384. The SMILES string of the molecule is CCc1ccc([N+](=O)[O-])cc1CNC(C)=O. The van der Waals surface area contributed by atoms with Gasteiger partial charge in [0.2, 0.25) is 5.91 Å². The number of nitrogens with one attached hydrogen (secondary N) is 1. The second-order valence-electron chi connectivity index (χ2n) is 3.47. The van der Waals surface area contributed by atoms with Crippen molar-refractivity contribution in [2.45, 2.75) is 26.8 Å². The van der Waals surface area contributed by atoms with Gasteiger partial charge in [-0.2, -0.15) is 0 Å². The van der Waals surface area contributed by atoms with Gasteiger partial charge in [-0.05, 0) is 17.5 Å². The molecule has 86 valence electrons. The zero-order valence-electron chi connectivity index (χ0n) is 9.32. The van der Waals surface area contributed by atoms with E-state index in [0.29, 0.717) is 6.54 Å². The molecule has 1 amide bonds. The first kappa shape index (κ1) is 12.2. The number of hydrogen-bond acceptors (Lipinski definition) is 3. The number of carbonyl (C=O) groups excluding carboxylic acids is 1. The van der Waals surface area contributed by atoms with Crippen molar-refractivity contribution in [3.05, 3.63) is 39.4 Å². The number of aryl methyl sites for hydroxylation is 1. The minimum absolute atomic E-state index is 0.0533. The largest absolute Gasteiger partial charge is 0.352 e. The van der Waals surface area contributed by atoms with Crippen LogP contribution >= 0.6 is 0 Å². The van der Waals surface area contributed by atoms with Crippen LogP contribution in [0.4, 0.5) is 5.69 Å². The van der Waals surface area contributed by atoms with Crippen LogP contribution in [0.1, 0.15) is 25.0 Å². The molecule has 0 unspecified atom stereocenters. The van der Waals surface area contributed by atoms with Gasteiger partial charge in [-0.25, -0.2) is 0 Å². The Balaban J connectivity index is 2.97. The highest BCUT2D eigenvalue weighted by Gasteiger charge is 2.09. The Morgan fingerprint density at radius 1 is 1.44 bits per heavy atom. The molecule has 0 radical (unpaired) electrons. The highest BCUT2D eigenvalue weighted by Crippen LogP contribution is 2.18. The minimum Gasteiger partial charge on any atom is -0.352 e. The molecule has 0 fully saturated rings. The average Bonchev–Trinajstić information content (AvgIpc) is 2.25. The van der Waals surface area contributed by atoms with E-state index in [4.69, 9.17) is 0 Å².